The molecule has 1 fully saturated rings. The van der Waals surface area contributed by atoms with E-state index in [4.69, 9.17) is 15.6 Å². The quantitative estimate of drug-likeness (QED) is 0.513. The standard InChI is InChI=1S/C22H25FN4O2.C2HF3O2/c23-19-4-2-1-3-14(19)9-17(24)11-21(28)27-13-15-7-8-25-12-16(15)10-20(27)22(29)26-18-5-6-18;3-2(4,5)1(6)7/h1-4,7-8,12,17-18,20H,5-6,9-11,13,24H2,(H,26,29);(H,6,7)/t17-,20?;/m1./s1. The first-order valence-corrected chi connectivity index (χ1v) is 11.3. The molecular weight excluding hydrogens is 484 g/mol. The van der Waals surface area contributed by atoms with Crippen molar-refractivity contribution in [3.63, 3.8) is 0 Å². The highest BCUT2D eigenvalue weighted by atomic mass is 19.4. The van der Waals surface area contributed by atoms with Crippen molar-refractivity contribution >= 4 is 17.8 Å². The first-order valence-electron chi connectivity index (χ1n) is 11.3. The number of rotatable bonds is 6. The predicted molar refractivity (Wildman–Crippen MR) is 120 cm³/mol. The molecule has 0 spiro atoms. The van der Waals surface area contributed by atoms with Gasteiger partial charge in [-0.15, -0.1) is 0 Å². The summed E-state index contributed by atoms with van der Waals surface area (Å²) in [6.45, 7) is 0.353. The molecule has 0 radical (unpaired) electrons. The van der Waals surface area contributed by atoms with Crippen LogP contribution in [0.4, 0.5) is 17.6 Å². The minimum Gasteiger partial charge on any atom is -0.475 e. The maximum absolute atomic E-state index is 13.9. The predicted octanol–water partition coefficient (Wildman–Crippen LogP) is 2.35. The zero-order chi connectivity index (χ0) is 26.5. The van der Waals surface area contributed by atoms with Gasteiger partial charge < -0.3 is 21.1 Å². The third kappa shape index (κ3) is 7.48. The van der Waals surface area contributed by atoms with Gasteiger partial charge in [-0.3, -0.25) is 14.6 Å². The second-order valence-electron chi connectivity index (χ2n) is 8.73. The van der Waals surface area contributed by atoms with Gasteiger partial charge in [0.15, 0.2) is 0 Å². The van der Waals surface area contributed by atoms with Gasteiger partial charge in [-0.2, -0.15) is 13.2 Å². The number of carboxylic acids is 1. The van der Waals surface area contributed by atoms with Gasteiger partial charge in [0.05, 0.1) is 0 Å². The number of carboxylic acid groups (broad SMARTS) is 1. The third-order valence-corrected chi connectivity index (χ3v) is 5.80. The van der Waals surface area contributed by atoms with Crippen LogP contribution in [0.5, 0.6) is 0 Å². The molecule has 36 heavy (non-hydrogen) atoms. The van der Waals surface area contributed by atoms with E-state index in [1.165, 1.54) is 6.07 Å². The number of carbonyl (C=O) groups is 3. The molecule has 1 saturated carbocycles. The Balaban J connectivity index is 0.000000454. The molecule has 0 bridgehead atoms. The number of nitrogens with one attached hydrogen (secondary N) is 1. The number of nitrogens with zero attached hydrogens (tertiary/aromatic N) is 2. The zero-order valence-corrected chi connectivity index (χ0v) is 19.2. The van der Waals surface area contributed by atoms with E-state index in [0.29, 0.717) is 18.5 Å². The third-order valence-electron chi connectivity index (χ3n) is 5.80. The molecule has 1 unspecified atom stereocenters. The van der Waals surface area contributed by atoms with Crippen molar-refractivity contribution in [1.82, 2.24) is 15.2 Å². The van der Waals surface area contributed by atoms with Gasteiger partial charge >= 0.3 is 12.1 Å². The normalized spacial score (nSPS) is 17.8. The molecule has 1 aromatic carbocycles. The number of halogens is 4. The molecule has 2 aliphatic rings. The number of amides is 2. The molecule has 2 heterocycles. The van der Waals surface area contributed by atoms with E-state index in [0.717, 1.165) is 24.0 Å². The number of hydrogen-bond acceptors (Lipinski definition) is 5. The van der Waals surface area contributed by atoms with Crippen molar-refractivity contribution in [2.24, 2.45) is 5.73 Å². The maximum Gasteiger partial charge on any atom is 0.490 e. The molecule has 1 aliphatic carbocycles. The number of alkyl halides is 3. The van der Waals surface area contributed by atoms with Crippen molar-refractivity contribution in [1.29, 1.82) is 0 Å². The van der Waals surface area contributed by atoms with Crippen molar-refractivity contribution < 1.29 is 37.1 Å². The first kappa shape index (κ1) is 27.1. The van der Waals surface area contributed by atoms with Crippen molar-refractivity contribution in [3.8, 4) is 0 Å². The van der Waals surface area contributed by atoms with E-state index in [9.17, 15) is 27.2 Å². The Morgan fingerprint density at radius 2 is 1.83 bits per heavy atom. The zero-order valence-electron chi connectivity index (χ0n) is 19.2. The molecule has 4 N–H and O–H groups in total. The molecule has 194 valence electrons. The molecule has 0 saturated heterocycles. The fourth-order valence-corrected chi connectivity index (χ4v) is 3.79. The van der Waals surface area contributed by atoms with Crippen molar-refractivity contribution in [3.05, 3.63) is 65.2 Å². The summed E-state index contributed by atoms with van der Waals surface area (Å²) >= 11 is 0. The number of aromatic nitrogens is 1. The van der Waals surface area contributed by atoms with Crippen LogP contribution < -0.4 is 11.1 Å². The minimum absolute atomic E-state index is 0.0575. The largest absolute Gasteiger partial charge is 0.490 e. The van der Waals surface area contributed by atoms with Crippen molar-refractivity contribution in [2.45, 2.75) is 63.0 Å². The van der Waals surface area contributed by atoms with Crippen LogP contribution in [-0.2, 0) is 33.8 Å². The lowest BCUT2D eigenvalue weighted by Crippen LogP contribution is -2.53. The highest BCUT2D eigenvalue weighted by Crippen LogP contribution is 2.26. The summed E-state index contributed by atoms with van der Waals surface area (Å²) in [5.74, 6) is -3.39. The Morgan fingerprint density at radius 3 is 2.44 bits per heavy atom. The highest BCUT2D eigenvalue weighted by molar-refractivity contribution is 5.89. The number of aliphatic carboxylic acids is 1. The lowest BCUT2D eigenvalue weighted by Gasteiger charge is -2.36. The van der Waals surface area contributed by atoms with E-state index in [-0.39, 0.29) is 36.5 Å². The molecule has 12 heteroatoms. The monoisotopic (exact) mass is 510 g/mol. The molecule has 4 rings (SSSR count). The Labute approximate surface area is 204 Å². The van der Waals surface area contributed by atoms with Crippen LogP contribution in [0.2, 0.25) is 0 Å². The van der Waals surface area contributed by atoms with E-state index in [2.05, 4.69) is 10.3 Å². The fraction of sp³-hybridized carbons (Fsp3) is 0.417. The lowest BCUT2D eigenvalue weighted by atomic mass is 9.94. The van der Waals surface area contributed by atoms with Crippen LogP contribution in [-0.4, -0.2) is 57.1 Å². The van der Waals surface area contributed by atoms with E-state index < -0.39 is 24.2 Å². The number of benzene rings is 1. The number of hydrogen-bond donors (Lipinski definition) is 3. The van der Waals surface area contributed by atoms with Crippen LogP contribution in [0, 0.1) is 5.82 Å². The second-order valence-corrected chi connectivity index (χ2v) is 8.73. The van der Waals surface area contributed by atoms with E-state index >= 15 is 0 Å². The van der Waals surface area contributed by atoms with E-state index in [1.54, 1.807) is 35.5 Å². The van der Waals surface area contributed by atoms with Crippen LogP contribution in [0.25, 0.3) is 0 Å². The molecule has 2 amide bonds. The molecule has 1 aliphatic heterocycles. The Bertz CT molecular complexity index is 1110. The summed E-state index contributed by atoms with van der Waals surface area (Å²) in [5.41, 5.74) is 8.64. The summed E-state index contributed by atoms with van der Waals surface area (Å²) < 4.78 is 45.6. The van der Waals surface area contributed by atoms with Crippen LogP contribution in [0.3, 0.4) is 0 Å². The molecule has 2 atom stereocenters. The van der Waals surface area contributed by atoms with Gasteiger partial charge in [-0.25, -0.2) is 9.18 Å². The van der Waals surface area contributed by atoms with Gasteiger partial charge in [0.25, 0.3) is 0 Å². The molecular formula is C24H26F4N4O4. The van der Waals surface area contributed by atoms with Gasteiger partial charge in [0.2, 0.25) is 11.8 Å². The number of nitrogens with two attached hydrogens (primary N) is 1. The Kier molecular flexibility index (Phi) is 8.62. The van der Waals surface area contributed by atoms with Gasteiger partial charge in [0.1, 0.15) is 11.9 Å². The minimum atomic E-state index is -5.08. The Hall–Kier alpha value is -3.54. The summed E-state index contributed by atoms with van der Waals surface area (Å²) in [6.07, 6.45) is 1.11. The SMILES string of the molecule is N[C@@H](CC(=O)N1Cc2ccncc2CC1C(=O)NC1CC1)Cc1ccccc1F.O=C(O)C(F)(F)F. The average Bonchev–Trinajstić information content (AvgIpc) is 3.63. The second kappa shape index (κ2) is 11.5. The smallest absolute Gasteiger partial charge is 0.475 e. The molecule has 2 aromatic rings. The van der Waals surface area contributed by atoms with E-state index in [1.807, 2.05) is 6.07 Å². The topological polar surface area (TPSA) is 126 Å². The summed E-state index contributed by atoms with van der Waals surface area (Å²) in [6, 6.07) is 7.44. The van der Waals surface area contributed by atoms with Crippen LogP contribution in [0.15, 0.2) is 42.7 Å². The number of fused-ring (bicyclic) bond motifs is 1. The van der Waals surface area contributed by atoms with Crippen LogP contribution in [0.1, 0.15) is 36.0 Å². The summed E-state index contributed by atoms with van der Waals surface area (Å²) in [4.78, 5) is 40.5. The highest BCUT2D eigenvalue weighted by Gasteiger charge is 2.38. The van der Waals surface area contributed by atoms with Crippen molar-refractivity contribution in [2.75, 3.05) is 0 Å². The Morgan fingerprint density at radius 1 is 1.17 bits per heavy atom. The van der Waals surface area contributed by atoms with Gasteiger partial charge in [-0.05, 0) is 48.1 Å². The summed E-state index contributed by atoms with van der Waals surface area (Å²) in [5, 5.41) is 10.1. The first-order chi connectivity index (χ1) is 17.0. The van der Waals surface area contributed by atoms with Gasteiger partial charge in [-0.1, -0.05) is 18.2 Å². The molecule has 1 aromatic heterocycles. The number of pyridine rings is 1. The van der Waals surface area contributed by atoms with Crippen LogP contribution >= 0.6 is 0 Å². The van der Waals surface area contributed by atoms with Gasteiger partial charge in [0, 0.05) is 43.9 Å². The maximum atomic E-state index is 13.9. The molecule has 8 nitrogen and oxygen atoms in total. The summed E-state index contributed by atoms with van der Waals surface area (Å²) in [7, 11) is 0. The average molecular weight is 510 g/mol. The lowest BCUT2D eigenvalue weighted by molar-refractivity contribution is -0.192. The fourth-order valence-electron chi connectivity index (χ4n) is 3.79. The number of carbonyl (C=O) groups excluding carboxylic acids is 2.